The molecule has 1 aromatic rings. The molecule has 4 nitrogen and oxygen atoms in total. The number of Topliss-reactive ketones (excluding diaryl/α,β-unsaturated/α-hetero) is 1. The number of hydrogen-bond donors (Lipinski definition) is 0. The van der Waals surface area contributed by atoms with Gasteiger partial charge < -0.3 is 4.74 Å². The van der Waals surface area contributed by atoms with E-state index in [0.717, 1.165) is 0 Å². The SMILES string of the molecule is CC(C)(C)OC(=O)N1CCC(=O)c2c(F)cccc21. The number of carbonyl (C=O) groups excluding carboxylic acids is 2. The summed E-state index contributed by atoms with van der Waals surface area (Å²) in [5.74, 6) is -0.885. The van der Waals surface area contributed by atoms with E-state index in [-0.39, 0.29) is 30.0 Å². The number of anilines is 1. The Morgan fingerprint density at radius 3 is 2.68 bits per heavy atom. The lowest BCUT2D eigenvalue weighted by molar-refractivity contribution is 0.0577. The van der Waals surface area contributed by atoms with E-state index >= 15 is 0 Å². The molecular formula is C14H16FNO3. The average Bonchev–Trinajstić information content (AvgIpc) is 2.26. The number of fused-ring (bicyclic) bond motifs is 1. The summed E-state index contributed by atoms with van der Waals surface area (Å²) in [5, 5.41) is 0. The largest absolute Gasteiger partial charge is 0.443 e. The van der Waals surface area contributed by atoms with Gasteiger partial charge in [-0.15, -0.1) is 0 Å². The number of hydrogen-bond acceptors (Lipinski definition) is 3. The maximum absolute atomic E-state index is 13.7. The van der Waals surface area contributed by atoms with E-state index in [1.54, 1.807) is 26.8 Å². The molecule has 1 aliphatic heterocycles. The predicted molar refractivity (Wildman–Crippen MR) is 68.9 cm³/mol. The summed E-state index contributed by atoms with van der Waals surface area (Å²) in [5.41, 5.74) is -0.378. The standard InChI is InChI=1S/C14H16FNO3/c1-14(2,3)19-13(18)16-8-7-11(17)12-9(15)5-4-6-10(12)16/h4-6H,7-8H2,1-3H3. The Balaban J connectivity index is 2.37. The van der Waals surface area contributed by atoms with E-state index in [0.29, 0.717) is 0 Å². The molecule has 102 valence electrons. The van der Waals surface area contributed by atoms with Crippen molar-refractivity contribution < 1.29 is 18.7 Å². The van der Waals surface area contributed by atoms with Crippen LogP contribution >= 0.6 is 0 Å². The van der Waals surface area contributed by atoms with E-state index in [1.165, 1.54) is 17.0 Å². The number of halogens is 1. The molecule has 0 spiro atoms. The molecule has 19 heavy (non-hydrogen) atoms. The zero-order valence-electron chi connectivity index (χ0n) is 11.2. The molecule has 0 saturated carbocycles. The average molecular weight is 265 g/mol. The first kappa shape index (κ1) is 13.5. The summed E-state index contributed by atoms with van der Waals surface area (Å²) in [4.78, 5) is 25.1. The van der Waals surface area contributed by atoms with Gasteiger partial charge in [-0.05, 0) is 32.9 Å². The lowest BCUT2D eigenvalue weighted by atomic mass is 10.00. The van der Waals surface area contributed by atoms with Crippen molar-refractivity contribution in [2.45, 2.75) is 32.8 Å². The van der Waals surface area contributed by atoms with Gasteiger partial charge >= 0.3 is 6.09 Å². The van der Waals surface area contributed by atoms with Gasteiger partial charge in [-0.25, -0.2) is 9.18 Å². The van der Waals surface area contributed by atoms with Crippen molar-refractivity contribution in [2.24, 2.45) is 0 Å². The second-order valence-corrected chi connectivity index (χ2v) is 5.44. The number of nitrogens with zero attached hydrogens (tertiary/aromatic N) is 1. The van der Waals surface area contributed by atoms with E-state index < -0.39 is 17.5 Å². The van der Waals surface area contributed by atoms with Crippen LogP contribution in [0.1, 0.15) is 37.6 Å². The fourth-order valence-corrected chi connectivity index (χ4v) is 1.98. The van der Waals surface area contributed by atoms with Crippen LogP contribution in [0, 0.1) is 5.82 Å². The monoisotopic (exact) mass is 265 g/mol. The molecule has 0 aromatic heterocycles. The highest BCUT2D eigenvalue weighted by Crippen LogP contribution is 2.30. The zero-order valence-corrected chi connectivity index (χ0v) is 11.2. The van der Waals surface area contributed by atoms with Gasteiger partial charge in [0.15, 0.2) is 5.78 Å². The van der Waals surface area contributed by atoms with Gasteiger partial charge in [-0.3, -0.25) is 9.69 Å². The third-order valence-corrected chi connectivity index (χ3v) is 2.74. The normalized spacial score (nSPS) is 15.2. The number of ether oxygens (including phenoxy) is 1. The second-order valence-electron chi connectivity index (χ2n) is 5.44. The third-order valence-electron chi connectivity index (χ3n) is 2.74. The second kappa shape index (κ2) is 4.64. The summed E-state index contributed by atoms with van der Waals surface area (Å²) in [6.45, 7) is 5.48. The van der Waals surface area contributed by atoms with Crippen LogP contribution in [0.2, 0.25) is 0 Å². The maximum Gasteiger partial charge on any atom is 0.414 e. The first-order chi connectivity index (χ1) is 8.79. The van der Waals surface area contributed by atoms with E-state index in [2.05, 4.69) is 0 Å². The van der Waals surface area contributed by atoms with Crippen molar-refractivity contribution >= 4 is 17.6 Å². The number of benzene rings is 1. The molecule has 0 fully saturated rings. The Kier molecular flexibility index (Phi) is 3.30. The summed E-state index contributed by atoms with van der Waals surface area (Å²) < 4.78 is 19.0. The lowest BCUT2D eigenvalue weighted by Gasteiger charge is -2.31. The first-order valence-corrected chi connectivity index (χ1v) is 6.12. The number of ketones is 1. The molecule has 0 aliphatic carbocycles. The Morgan fingerprint density at radius 1 is 1.37 bits per heavy atom. The highest BCUT2D eigenvalue weighted by molar-refractivity contribution is 6.07. The fourth-order valence-electron chi connectivity index (χ4n) is 1.98. The van der Waals surface area contributed by atoms with Crippen LogP contribution in [0.3, 0.4) is 0 Å². The first-order valence-electron chi connectivity index (χ1n) is 6.12. The van der Waals surface area contributed by atoms with Crippen LogP contribution in [0.5, 0.6) is 0 Å². The molecule has 2 rings (SSSR count). The highest BCUT2D eigenvalue weighted by Gasteiger charge is 2.32. The van der Waals surface area contributed by atoms with Crippen LogP contribution < -0.4 is 4.90 Å². The fraction of sp³-hybridized carbons (Fsp3) is 0.429. The van der Waals surface area contributed by atoms with Gasteiger partial charge in [0.25, 0.3) is 0 Å². The lowest BCUT2D eigenvalue weighted by Crippen LogP contribution is -2.41. The van der Waals surface area contributed by atoms with E-state index in [9.17, 15) is 14.0 Å². The Hall–Kier alpha value is -1.91. The summed E-state index contributed by atoms with van der Waals surface area (Å²) >= 11 is 0. The van der Waals surface area contributed by atoms with Gasteiger partial charge in [-0.2, -0.15) is 0 Å². The number of amides is 1. The van der Waals surface area contributed by atoms with Crippen LogP contribution in [0.4, 0.5) is 14.9 Å². The predicted octanol–water partition coefficient (Wildman–Crippen LogP) is 3.15. The zero-order chi connectivity index (χ0) is 14.2. The minimum absolute atomic E-state index is 0.0281. The minimum atomic E-state index is -0.633. The van der Waals surface area contributed by atoms with E-state index in [4.69, 9.17) is 4.74 Å². The minimum Gasteiger partial charge on any atom is -0.443 e. The van der Waals surface area contributed by atoms with Gasteiger partial charge in [0.1, 0.15) is 11.4 Å². The van der Waals surface area contributed by atoms with Crippen molar-refractivity contribution in [1.82, 2.24) is 0 Å². The van der Waals surface area contributed by atoms with Crippen molar-refractivity contribution in [2.75, 3.05) is 11.4 Å². The topological polar surface area (TPSA) is 46.6 Å². The molecule has 0 unspecified atom stereocenters. The molecule has 1 aliphatic rings. The Labute approximate surface area is 111 Å². The summed E-state index contributed by atoms with van der Waals surface area (Å²) in [7, 11) is 0. The Morgan fingerprint density at radius 2 is 2.05 bits per heavy atom. The third kappa shape index (κ3) is 2.75. The molecule has 0 radical (unpaired) electrons. The quantitative estimate of drug-likeness (QED) is 0.724. The molecule has 0 atom stereocenters. The van der Waals surface area contributed by atoms with Crippen LogP contribution in [0.15, 0.2) is 18.2 Å². The number of carbonyl (C=O) groups is 2. The van der Waals surface area contributed by atoms with Crippen LogP contribution in [-0.4, -0.2) is 24.0 Å². The van der Waals surface area contributed by atoms with Crippen molar-refractivity contribution in [3.05, 3.63) is 29.6 Å². The molecule has 1 amide bonds. The molecular weight excluding hydrogens is 249 g/mol. The molecule has 0 bridgehead atoms. The smallest absolute Gasteiger partial charge is 0.414 e. The van der Waals surface area contributed by atoms with Gasteiger partial charge in [0, 0.05) is 13.0 Å². The Bertz CT molecular complexity index is 534. The van der Waals surface area contributed by atoms with Gasteiger partial charge in [-0.1, -0.05) is 6.07 Å². The summed E-state index contributed by atoms with van der Waals surface area (Å²) in [6.07, 6.45) is -0.459. The molecule has 1 aromatic carbocycles. The highest BCUT2D eigenvalue weighted by atomic mass is 19.1. The molecule has 0 saturated heterocycles. The molecule has 1 heterocycles. The van der Waals surface area contributed by atoms with Gasteiger partial charge in [0.2, 0.25) is 0 Å². The van der Waals surface area contributed by atoms with Crippen LogP contribution in [0.25, 0.3) is 0 Å². The maximum atomic E-state index is 13.7. The van der Waals surface area contributed by atoms with Gasteiger partial charge in [0.05, 0.1) is 11.3 Å². The molecule has 5 heteroatoms. The van der Waals surface area contributed by atoms with Crippen molar-refractivity contribution in [1.29, 1.82) is 0 Å². The summed E-state index contributed by atoms with van der Waals surface area (Å²) in [6, 6.07) is 4.25. The van der Waals surface area contributed by atoms with Crippen LogP contribution in [-0.2, 0) is 4.74 Å². The van der Waals surface area contributed by atoms with Crippen molar-refractivity contribution in [3.8, 4) is 0 Å². The molecule has 0 N–H and O–H groups in total. The van der Waals surface area contributed by atoms with E-state index in [1.807, 2.05) is 0 Å². The van der Waals surface area contributed by atoms with Crippen molar-refractivity contribution in [3.63, 3.8) is 0 Å². The number of rotatable bonds is 0.